The first-order chi connectivity index (χ1) is 9.61. The molecular weight excluding hydrogens is 274 g/mol. The van der Waals surface area contributed by atoms with E-state index in [4.69, 9.17) is 15.7 Å². The van der Waals surface area contributed by atoms with Crippen LogP contribution in [0.4, 0.5) is 0 Å². The number of hydrogen-bond acceptors (Lipinski definition) is 5. The summed E-state index contributed by atoms with van der Waals surface area (Å²) in [6.07, 6.45) is 0.807. The maximum Gasteiger partial charge on any atom is 0.225 e. The highest BCUT2D eigenvalue weighted by Gasteiger charge is 2.14. The molecule has 20 heavy (non-hydrogen) atoms. The minimum Gasteiger partial charge on any atom is -0.477 e. The lowest BCUT2D eigenvalue weighted by molar-refractivity contribution is 0.305. The summed E-state index contributed by atoms with van der Waals surface area (Å²) in [5.41, 5.74) is 7.95. The number of pyridine rings is 1. The fourth-order valence-electron chi connectivity index (χ4n) is 1.97. The number of nitrogens with two attached hydrogens (primary N) is 1. The molecule has 0 bridgehead atoms. The predicted molar refractivity (Wildman–Crippen MR) is 79.7 cm³/mol. The fourth-order valence-corrected chi connectivity index (χ4v) is 2.66. The molecule has 0 aromatic carbocycles. The number of thiophene rings is 1. The van der Waals surface area contributed by atoms with Crippen molar-refractivity contribution in [1.29, 1.82) is 0 Å². The maximum absolute atomic E-state index is 8.86. The second-order valence-corrected chi connectivity index (χ2v) is 5.46. The number of aryl methyl sites for hydroxylation is 2. The molecule has 0 unspecified atom stereocenters. The van der Waals surface area contributed by atoms with Crippen molar-refractivity contribution in [2.45, 2.75) is 20.3 Å². The van der Waals surface area contributed by atoms with Gasteiger partial charge in [-0.1, -0.05) is 11.2 Å². The van der Waals surface area contributed by atoms with Gasteiger partial charge in [-0.05, 0) is 36.9 Å². The molecule has 0 atom stereocenters. The molecule has 0 saturated carbocycles. The monoisotopic (exact) mass is 291 g/mol. The van der Waals surface area contributed by atoms with Gasteiger partial charge in [-0.3, -0.25) is 0 Å². The van der Waals surface area contributed by atoms with Crippen molar-refractivity contribution in [2.75, 3.05) is 6.61 Å². The molecule has 0 aliphatic carbocycles. The Balaban J connectivity index is 2.17. The molecule has 0 radical (unpaired) electrons. The summed E-state index contributed by atoms with van der Waals surface area (Å²) >= 11 is 1.69. The molecular formula is C14H17N3O2S. The van der Waals surface area contributed by atoms with Crippen molar-refractivity contribution in [2.24, 2.45) is 10.9 Å². The van der Waals surface area contributed by atoms with Crippen LogP contribution >= 0.6 is 11.3 Å². The molecule has 6 heteroatoms. The first-order valence-electron chi connectivity index (χ1n) is 6.23. The summed E-state index contributed by atoms with van der Waals surface area (Å²) in [4.78, 5) is 5.58. The highest BCUT2D eigenvalue weighted by atomic mass is 32.1. The van der Waals surface area contributed by atoms with Gasteiger partial charge in [0.1, 0.15) is 0 Å². The van der Waals surface area contributed by atoms with Crippen molar-refractivity contribution in [3.63, 3.8) is 0 Å². The lowest BCUT2D eigenvalue weighted by atomic mass is 10.1. The van der Waals surface area contributed by atoms with Gasteiger partial charge in [0, 0.05) is 17.0 Å². The van der Waals surface area contributed by atoms with E-state index in [1.54, 1.807) is 11.3 Å². The van der Waals surface area contributed by atoms with Crippen LogP contribution < -0.4 is 10.5 Å². The Hall–Kier alpha value is -2.08. The molecule has 3 N–H and O–H groups in total. The summed E-state index contributed by atoms with van der Waals surface area (Å²) in [6.45, 7) is 4.27. The van der Waals surface area contributed by atoms with Gasteiger partial charge >= 0.3 is 0 Å². The van der Waals surface area contributed by atoms with Crippen LogP contribution in [0.3, 0.4) is 0 Å². The van der Waals surface area contributed by atoms with Gasteiger partial charge < -0.3 is 15.7 Å². The third kappa shape index (κ3) is 3.27. The van der Waals surface area contributed by atoms with E-state index in [0.717, 1.165) is 17.7 Å². The minimum absolute atomic E-state index is 0.0149. The number of ether oxygens (including phenoxy) is 1. The van der Waals surface area contributed by atoms with Gasteiger partial charge in [-0.2, -0.15) is 0 Å². The standard InChI is InChI=1S/C14H17N3O2S/c1-9-8-10(2)16-14(12(9)13(15)17-18)19-6-5-11-4-3-7-20-11/h3-4,7-8,18H,5-6H2,1-2H3,(H2,15,17). The molecule has 0 aliphatic rings. The number of aromatic nitrogens is 1. The van der Waals surface area contributed by atoms with Gasteiger partial charge in [0.05, 0.1) is 12.2 Å². The fraction of sp³-hybridized carbons (Fsp3) is 0.286. The zero-order valence-corrected chi connectivity index (χ0v) is 12.3. The summed E-state index contributed by atoms with van der Waals surface area (Å²) < 4.78 is 5.72. The van der Waals surface area contributed by atoms with Crippen LogP contribution in [0.1, 0.15) is 21.7 Å². The molecule has 2 aromatic heterocycles. The maximum atomic E-state index is 8.86. The van der Waals surface area contributed by atoms with Gasteiger partial charge in [-0.15, -0.1) is 11.3 Å². The van der Waals surface area contributed by atoms with Crippen LogP contribution in [0.25, 0.3) is 0 Å². The summed E-state index contributed by atoms with van der Waals surface area (Å²) in [6, 6.07) is 5.95. The van der Waals surface area contributed by atoms with E-state index in [9.17, 15) is 0 Å². The van der Waals surface area contributed by atoms with Crippen LogP contribution in [0, 0.1) is 13.8 Å². The van der Waals surface area contributed by atoms with E-state index in [1.807, 2.05) is 31.4 Å². The third-order valence-electron chi connectivity index (χ3n) is 2.84. The van der Waals surface area contributed by atoms with Crippen molar-refractivity contribution in [3.8, 4) is 5.88 Å². The van der Waals surface area contributed by atoms with E-state index in [1.165, 1.54) is 4.88 Å². The zero-order chi connectivity index (χ0) is 14.5. The molecule has 0 spiro atoms. The molecule has 2 heterocycles. The van der Waals surface area contributed by atoms with Crippen molar-refractivity contribution in [1.82, 2.24) is 4.98 Å². The summed E-state index contributed by atoms with van der Waals surface area (Å²) in [5, 5.41) is 13.9. The van der Waals surface area contributed by atoms with Crippen LogP contribution in [-0.2, 0) is 6.42 Å². The van der Waals surface area contributed by atoms with E-state index in [-0.39, 0.29) is 5.84 Å². The lowest BCUT2D eigenvalue weighted by Crippen LogP contribution is -2.18. The summed E-state index contributed by atoms with van der Waals surface area (Å²) in [7, 11) is 0. The normalized spacial score (nSPS) is 11.6. The average molecular weight is 291 g/mol. The Bertz CT molecular complexity index is 609. The minimum atomic E-state index is 0.0149. The lowest BCUT2D eigenvalue weighted by Gasteiger charge is -2.12. The SMILES string of the molecule is Cc1cc(C)c(C(N)=NO)c(OCCc2cccs2)n1. The first kappa shape index (κ1) is 14.3. The van der Waals surface area contributed by atoms with E-state index >= 15 is 0 Å². The molecule has 0 fully saturated rings. The van der Waals surface area contributed by atoms with Crippen LogP contribution in [0.2, 0.25) is 0 Å². The molecule has 0 aliphatic heterocycles. The second kappa shape index (κ2) is 6.38. The molecule has 0 amide bonds. The van der Waals surface area contributed by atoms with Crippen molar-refractivity contribution < 1.29 is 9.94 Å². The first-order valence-corrected chi connectivity index (χ1v) is 7.11. The van der Waals surface area contributed by atoms with Gasteiger partial charge in [-0.25, -0.2) is 4.98 Å². The van der Waals surface area contributed by atoms with Gasteiger partial charge in [0.15, 0.2) is 5.84 Å². The van der Waals surface area contributed by atoms with E-state index in [2.05, 4.69) is 16.2 Å². The van der Waals surface area contributed by atoms with Gasteiger partial charge in [0.2, 0.25) is 5.88 Å². The highest BCUT2D eigenvalue weighted by molar-refractivity contribution is 7.09. The summed E-state index contributed by atoms with van der Waals surface area (Å²) in [5.74, 6) is 0.426. The smallest absolute Gasteiger partial charge is 0.225 e. The largest absolute Gasteiger partial charge is 0.477 e. The quantitative estimate of drug-likeness (QED) is 0.384. The number of rotatable bonds is 5. The predicted octanol–water partition coefficient (Wildman–Crippen LogP) is 2.48. The highest BCUT2D eigenvalue weighted by Crippen LogP contribution is 2.21. The van der Waals surface area contributed by atoms with Crippen LogP contribution in [0.15, 0.2) is 28.7 Å². The Morgan fingerprint density at radius 3 is 2.95 bits per heavy atom. The van der Waals surface area contributed by atoms with Crippen molar-refractivity contribution >= 4 is 17.2 Å². The Morgan fingerprint density at radius 1 is 1.50 bits per heavy atom. The molecule has 106 valence electrons. The second-order valence-electron chi connectivity index (χ2n) is 4.42. The van der Waals surface area contributed by atoms with E-state index < -0.39 is 0 Å². The number of hydrogen-bond donors (Lipinski definition) is 2. The topological polar surface area (TPSA) is 80.7 Å². The molecule has 0 saturated heterocycles. The molecule has 2 rings (SSSR count). The number of oxime groups is 1. The number of amidine groups is 1. The van der Waals surface area contributed by atoms with Gasteiger partial charge in [0.25, 0.3) is 0 Å². The van der Waals surface area contributed by atoms with E-state index in [0.29, 0.717) is 18.1 Å². The number of nitrogens with zero attached hydrogens (tertiary/aromatic N) is 2. The average Bonchev–Trinajstić information content (AvgIpc) is 2.90. The molecule has 2 aromatic rings. The van der Waals surface area contributed by atoms with Crippen molar-refractivity contribution in [3.05, 3.63) is 45.3 Å². The Morgan fingerprint density at radius 2 is 2.30 bits per heavy atom. The van der Waals surface area contributed by atoms with Crippen LogP contribution in [-0.4, -0.2) is 22.6 Å². The molecule has 5 nitrogen and oxygen atoms in total. The zero-order valence-electron chi connectivity index (χ0n) is 11.5. The van der Waals surface area contributed by atoms with Crippen LogP contribution in [0.5, 0.6) is 5.88 Å². The Kier molecular flexibility index (Phi) is 4.57. The Labute approximate surface area is 121 Å². The third-order valence-corrected chi connectivity index (χ3v) is 3.78.